The van der Waals surface area contributed by atoms with Crippen LogP contribution >= 0.6 is 0 Å². The van der Waals surface area contributed by atoms with Crippen LogP contribution in [0, 0.1) is 11.8 Å². The van der Waals surface area contributed by atoms with Gasteiger partial charge >= 0.3 is 0 Å². The molecule has 0 aromatic heterocycles. The molecule has 0 aromatic carbocycles. The maximum atomic E-state index is 2.67. The summed E-state index contributed by atoms with van der Waals surface area (Å²) in [5.74, 6) is 1.81. The summed E-state index contributed by atoms with van der Waals surface area (Å²) in [4.78, 5) is 5.13. The third kappa shape index (κ3) is 10.7. The monoisotopic (exact) mass is 284 g/mol. The van der Waals surface area contributed by atoms with Gasteiger partial charge in [-0.05, 0) is 70.7 Å². The van der Waals surface area contributed by atoms with E-state index < -0.39 is 0 Å². The smallest absolute Gasteiger partial charge is 0.000744 e. The Morgan fingerprint density at radius 3 is 2.10 bits per heavy atom. The first kappa shape index (κ1) is 19.9. The van der Waals surface area contributed by atoms with Crippen molar-refractivity contribution in [3.63, 3.8) is 0 Å². The molecule has 122 valence electrons. The minimum Gasteiger partial charge on any atom is -0.306 e. The van der Waals surface area contributed by atoms with Crippen LogP contribution in [0.15, 0.2) is 0 Å². The van der Waals surface area contributed by atoms with E-state index in [1.54, 1.807) is 0 Å². The molecule has 0 saturated carbocycles. The second-order valence-corrected chi connectivity index (χ2v) is 6.88. The van der Waals surface area contributed by atoms with E-state index in [0.717, 1.165) is 11.8 Å². The SMILES string of the molecule is CCC.CCN(C)CC1CCN(CCCC(C)C)CC1. The number of nitrogens with zero attached hydrogens (tertiary/aromatic N) is 2. The van der Waals surface area contributed by atoms with Crippen LogP contribution in [0.1, 0.15) is 66.7 Å². The maximum Gasteiger partial charge on any atom is 0.000744 e. The van der Waals surface area contributed by atoms with Crippen molar-refractivity contribution >= 4 is 0 Å². The summed E-state index contributed by atoms with van der Waals surface area (Å²) in [7, 11) is 2.25. The van der Waals surface area contributed by atoms with E-state index in [2.05, 4.69) is 51.5 Å². The van der Waals surface area contributed by atoms with Crippen molar-refractivity contribution < 1.29 is 0 Å². The molecule has 0 aromatic rings. The molecule has 0 spiro atoms. The van der Waals surface area contributed by atoms with E-state index in [1.165, 1.54) is 64.8 Å². The summed E-state index contributed by atoms with van der Waals surface area (Å²) in [6.45, 7) is 17.6. The molecule has 0 unspecified atom stereocenters. The van der Waals surface area contributed by atoms with E-state index >= 15 is 0 Å². The van der Waals surface area contributed by atoms with Crippen LogP contribution < -0.4 is 0 Å². The first-order chi connectivity index (χ1) is 9.53. The van der Waals surface area contributed by atoms with Crippen LogP contribution in [0.5, 0.6) is 0 Å². The molecule has 1 rings (SSSR count). The molecule has 0 atom stereocenters. The normalized spacial score (nSPS) is 17.4. The van der Waals surface area contributed by atoms with Gasteiger partial charge < -0.3 is 9.80 Å². The largest absolute Gasteiger partial charge is 0.306 e. The maximum absolute atomic E-state index is 2.67. The van der Waals surface area contributed by atoms with Gasteiger partial charge in [-0.15, -0.1) is 0 Å². The first-order valence-electron chi connectivity index (χ1n) is 8.94. The van der Waals surface area contributed by atoms with Crippen LogP contribution in [-0.4, -0.2) is 49.6 Å². The zero-order valence-electron chi connectivity index (χ0n) is 15.1. The molecular formula is C18H40N2. The Morgan fingerprint density at radius 1 is 1.10 bits per heavy atom. The van der Waals surface area contributed by atoms with Crippen molar-refractivity contribution in [2.45, 2.75) is 66.7 Å². The Kier molecular flexibility index (Phi) is 12.6. The van der Waals surface area contributed by atoms with Crippen molar-refractivity contribution in [2.75, 3.05) is 39.8 Å². The van der Waals surface area contributed by atoms with Gasteiger partial charge in [-0.25, -0.2) is 0 Å². The van der Waals surface area contributed by atoms with E-state index in [4.69, 9.17) is 0 Å². The van der Waals surface area contributed by atoms with E-state index in [9.17, 15) is 0 Å². The predicted octanol–water partition coefficient (Wildman–Crippen LogP) is 4.50. The summed E-state index contributed by atoms with van der Waals surface area (Å²) in [6.07, 6.45) is 6.84. The van der Waals surface area contributed by atoms with Crippen LogP contribution in [0.2, 0.25) is 0 Å². The number of likely N-dealkylation sites (tertiary alicyclic amines) is 1. The molecule has 1 heterocycles. The summed E-state index contributed by atoms with van der Waals surface area (Å²) in [6, 6.07) is 0. The van der Waals surface area contributed by atoms with E-state index in [1.807, 2.05) is 0 Å². The molecule has 1 aliphatic heterocycles. The number of rotatable bonds is 7. The average Bonchev–Trinajstić information content (AvgIpc) is 2.41. The van der Waals surface area contributed by atoms with Crippen LogP contribution in [0.25, 0.3) is 0 Å². The van der Waals surface area contributed by atoms with Crippen LogP contribution in [-0.2, 0) is 0 Å². The highest BCUT2D eigenvalue weighted by Gasteiger charge is 2.19. The van der Waals surface area contributed by atoms with Gasteiger partial charge in [0.1, 0.15) is 0 Å². The fraction of sp³-hybridized carbons (Fsp3) is 1.00. The fourth-order valence-electron chi connectivity index (χ4n) is 2.69. The molecule has 0 amide bonds. The lowest BCUT2D eigenvalue weighted by molar-refractivity contribution is 0.153. The zero-order valence-corrected chi connectivity index (χ0v) is 15.1. The Morgan fingerprint density at radius 2 is 1.65 bits per heavy atom. The molecule has 0 aliphatic carbocycles. The molecule has 2 nitrogen and oxygen atoms in total. The highest BCUT2D eigenvalue weighted by molar-refractivity contribution is 4.74. The lowest BCUT2D eigenvalue weighted by atomic mass is 9.96. The quantitative estimate of drug-likeness (QED) is 0.679. The summed E-state index contributed by atoms with van der Waals surface area (Å²) in [5.41, 5.74) is 0. The Hall–Kier alpha value is -0.0800. The van der Waals surface area contributed by atoms with Crippen molar-refractivity contribution in [1.29, 1.82) is 0 Å². The van der Waals surface area contributed by atoms with Gasteiger partial charge in [0.05, 0.1) is 0 Å². The lowest BCUT2D eigenvalue weighted by Gasteiger charge is -2.33. The lowest BCUT2D eigenvalue weighted by Crippen LogP contribution is -2.38. The van der Waals surface area contributed by atoms with E-state index in [0.29, 0.717) is 0 Å². The molecule has 1 fully saturated rings. The summed E-state index contributed by atoms with van der Waals surface area (Å²) >= 11 is 0. The van der Waals surface area contributed by atoms with Crippen molar-refractivity contribution in [1.82, 2.24) is 9.80 Å². The van der Waals surface area contributed by atoms with E-state index in [-0.39, 0.29) is 0 Å². The van der Waals surface area contributed by atoms with Crippen molar-refractivity contribution in [3.8, 4) is 0 Å². The Labute approximate surface area is 128 Å². The zero-order chi connectivity index (χ0) is 15.4. The van der Waals surface area contributed by atoms with Gasteiger partial charge in [0.25, 0.3) is 0 Å². The molecule has 0 N–H and O–H groups in total. The van der Waals surface area contributed by atoms with Gasteiger partial charge in [-0.3, -0.25) is 0 Å². The second-order valence-electron chi connectivity index (χ2n) is 6.88. The Bertz CT molecular complexity index is 196. The molecule has 1 aliphatic rings. The molecule has 0 radical (unpaired) electrons. The first-order valence-corrected chi connectivity index (χ1v) is 8.94. The minimum atomic E-state index is 0.866. The third-order valence-corrected chi connectivity index (χ3v) is 4.07. The number of piperidine rings is 1. The van der Waals surface area contributed by atoms with Gasteiger partial charge in [0.15, 0.2) is 0 Å². The molecule has 2 heteroatoms. The predicted molar refractivity (Wildman–Crippen MR) is 92.4 cm³/mol. The van der Waals surface area contributed by atoms with Gasteiger partial charge in [-0.2, -0.15) is 0 Å². The van der Waals surface area contributed by atoms with Crippen LogP contribution in [0.4, 0.5) is 0 Å². The highest BCUT2D eigenvalue weighted by atomic mass is 15.1. The van der Waals surface area contributed by atoms with Gasteiger partial charge in [0, 0.05) is 6.54 Å². The average molecular weight is 285 g/mol. The topological polar surface area (TPSA) is 6.48 Å². The number of hydrogen-bond donors (Lipinski definition) is 0. The van der Waals surface area contributed by atoms with Crippen LogP contribution in [0.3, 0.4) is 0 Å². The molecule has 0 bridgehead atoms. The minimum absolute atomic E-state index is 0.866. The molecule has 1 saturated heterocycles. The summed E-state index contributed by atoms with van der Waals surface area (Å²) < 4.78 is 0. The Balaban J connectivity index is 0.00000110. The summed E-state index contributed by atoms with van der Waals surface area (Å²) in [5, 5.41) is 0. The third-order valence-electron chi connectivity index (χ3n) is 4.07. The van der Waals surface area contributed by atoms with Crippen molar-refractivity contribution in [2.24, 2.45) is 11.8 Å². The van der Waals surface area contributed by atoms with Gasteiger partial charge in [-0.1, -0.05) is 41.0 Å². The van der Waals surface area contributed by atoms with Crippen molar-refractivity contribution in [3.05, 3.63) is 0 Å². The number of hydrogen-bond acceptors (Lipinski definition) is 2. The molecular weight excluding hydrogens is 244 g/mol. The van der Waals surface area contributed by atoms with Gasteiger partial charge in [0.2, 0.25) is 0 Å². The standard InChI is InChI=1S/C15H32N2.C3H8/c1-5-16(4)13-15-8-11-17(12-9-15)10-6-7-14(2)3;1-3-2/h14-15H,5-13H2,1-4H3;3H2,1-2H3. The fourth-order valence-corrected chi connectivity index (χ4v) is 2.69. The highest BCUT2D eigenvalue weighted by Crippen LogP contribution is 2.18. The second kappa shape index (κ2) is 12.6. The molecule has 20 heavy (non-hydrogen) atoms.